The number of amides is 3. The van der Waals surface area contributed by atoms with Crippen LogP contribution in [0.1, 0.15) is 20.8 Å². The summed E-state index contributed by atoms with van der Waals surface area (Å²) in [5, 5.41) is 5.41. The molecule has 0 aliphatic heterocycles. The quantitative estimate of drug-likeness (QED) is 0.691. The summed E-state index contributed by atoms with van der Waals surface area (Å²) in [6, 6.07) is 4.97. The number of nitrogens with one attached hydrogen (secondary N) is 2. The van der Waals surface area contributed by atoms with Gasteiger partial charge in [-0.1, -0.05) is 0 Å². The second-order valence-corrected chi connectivity index (χ2v) is 5.88. The van der Waals surface area contributed by atoms with Gasteiger partial charge in [0.15, 0.2) is 0 Å². The minimum atomic E-state index is -0.280. The molecule has 1 rings (SSSR count). The van der Waals surface area contributed by atoms with Crippen LogP contribution in [0.5, 0.6) is 5.75 Å². The number of rotatable bonds is 9. The molecule has 144 valence electrons. The topological polar surface area (TPSA) is 91.0 Å². The summed E-state index contributed by atoms with van der Waals surface area (Å²) < 4.78 is 5.23. The smallest absolute Gasteiger partial charge is 0.238 e. The van der Waals surface area contributed by atoms with Crippen LogP contribution < -0.4 is 15.4 Å². The van der Waals surface area contributed by atoms with Gasteiger partial charge in [-0.3, -0.25) is 19.3 Å². The molecule has 0 heterocycles. The highest BCUT2D eigenvalue weighted by atomic mass is 16.5. The van der Waals surface area contributed by atoms with Crippen molar-refractivity contribution in [3.05, 3.63) is 18.2 Å². The van der Waals surface area contributed by atoms with Crippen LogP contribution in [0.2, 0.25) is 0 Å². The third kappa shape index (κ3) is 6.72. The Morgan fingerprint density at radius 1 is 1.08 bits per heavy atom. The highest BCUT2D eigenvalue weighted by Gasteiger charge is 2.16. The van der Waals surface area contributed by atoms with Gasteiger partial charge in [-0.25, -0.2) is 0 Å². The molecule has 0 saturated carbocycles. The fraction of sp³-hybridized carbons (Fsp3) is 0.500. The van der Waals surface area contributed by atoms with E-state index in [9.17, 15) is 14.4 Å². The van der Waals surface area contributed by atoms with Gasteiger partial charge in [-0.2, -0.15) is 0 Å². The van der Waals surface area contributed by atoms with E-state index in [-0.39, 0.29) is 30.8 Å². The maximum atomic E-state index is 12.3. The van der Waals surface area contributed by atoms with Crippen LogP contribution in [-0.4, -0.2) is 67.9 Å². The number of hydrogen-bond acceptors (Lipinski definition) is 5. The van der Waals surface area contributed by atoms with Crippen LogP contribution in [0.3, 0.4) is 0 Å². The van der Waals surface area contributed by atoms with Gasteiger partial charge >= 0.3 is 0 Å². The number of benzene rings is 1. The zero-order valence-corrected chi connectivity index (χ0v) is 16.1. The molecule has 0 aromatic heterocycles. The molecule has 0 bridgehead atoms. The first kappa shape index (κ1) is 21.4. The lowest BCUT2D eigenvalue weighted by atomic mass is 10.2. The van der Waals surface area contributed by atoms with E-state index in [0.29, 0.717) is 30.2 Å². The van der Waals surface area contributed by atoms with Crippen molar-refractivity contribution < 1.29 is 19.1 Å². The van der Waals surface area contributed by atoms with Gasteiger partial charge in [0.05, 0.1) is 25.9 Å². The molecule has 0 fully saturated rings. The fourth-order valence-corrected chi connectivity index (χ4v) is 2.48. The number of methoxy groups -OCH3 is 1. The molecule has 8 nitrogen and oxygen atoms in total. The molecule has 0 radical (unpaired) electrons. The normalized spacial score (nSPS) is 10.4. The largest absolute Gasteiger partial charge is 0.495 e. The molecular weight excluding hydrogens is 336 g/mol. The van der Waals surface area contributed by atoms with Crippen molar-refractivity contribution in [2.24, 2.45) is 0 Å². The Morgan fingerprint density at radius 2 is 1.73 bits per heavy atom. The predicted molar refractivity (Wildman–Crippen MR) is 101 cm³/mol. The Hall–Kier alpha value is -2.61. The molecule has 0 aliphatic carbocycles. The number of carbonyl (C=O) groups excluding carboxylic acids is 3. The summed E-state index contributed by atoms with van der Waals surface area (Å²) in [4.78, 5) is 38.9. The van der Waals surface area contributed by atoms with Gasteiger partial charge in [0, 0.05) is 25.7 Å². The van der Waals surface area contributed by atoms with E-state index < -0.39 is 0 Å². The summed E-state index contributed by atoms with van der Waals surface area (Å²) in [7, 11) is 3.21. The third-order valence-electron chi connectivity index (χ3n) is 3.73. The molecule has 1 aromatic carbocycles. The molecule has 0 saturated heterocycles. The Morgan fingerprint density at radius 3 is 2.27 bits per heavy atom. The van der Waals surface area contributed by atoms with Crippen LogP contribution in [-0.2, 0) is 14.4 Å². The highest BCUT2D eigenvalue weighted by Crippen LogP contribution is 2.27. The third-order valence-corrected chi connectivity index (χ3v) is 3.73. The second-order valence-electron chi connectivity index (χ2n) is 5.88. The Labute approximate surface area is 154 Å². The van der Waals surface area contributed by atoms with Gasteiger partial charge in [-0.15, -0.1) is 0 Å². The van der Waals surface area contributed by atoms with Gasteiger partial charge in [0.2, 0.25) is 17.7 Å². The van der Waals surface area contributed by atoms with Crippen LogP contribution in [0.4, 0.5) is 11.4 Å². The van der Waals surface area contributed by atoms with Gasteiger partial charge in [-0.05, 0) is 39.1 Å². The van der Waals surface area contributed by atoms with Crippen LogP contribution >= 0.6 is 0 Å². The van der Waals surface area contributed by atoms with E-state index in [1.807, 2.05) is 13.8 Å². The summed E-state index contributed by atoms with van der Waals surface area (Å²) in [6.45, 7) is 6.75. The van der Waals surface area contributed by atoms with Crippen molar-refractivity contribution in [2.45, 2.75) is 20.8 Å². The maximum Gasteiger partial charge on any atom is 0.238 e. The number of anilines is 2. The first-order chi connectivity index (χ1) is 12.3. The Balaban J connectivity index is 2.71. The summed E-state index contributed by atoms with van der Waals surface area (Å²) in [5.74, 6) is -0.0231. The standard InChI is InChI=1S/C18H28N4O4/c1-6-22(7-2)18(25)12-21(4)11-17(24)20-15-10-14(19-13(3)23)8-9-16(15)26-5/h8-10H,6-7,11-12H2,1-5H3,(H,19,23)(H,20,24). The molecule has 2 N–H and O–H groups in total. The predicted octanol–water partition coefficient (Wildman–Crippen LogP) is 1.39. The van der Waals surface area contributed by atoms with Crippen LogP contribution in [0.15, 0.2) is 18.2 Å². The SMILES string of the molecule is CCN(CC)C(=O)CN(C)CC(=O)Nc1cc(NC(C)=O)ccc1OC. The second kappa shape index (κ2) is 10.4. The molecule has 0 aliphatic rings. The van der Waals surface area contributed by atoms with Crippen LogP contribution in [0, 0.1) is 0 Å². The molecule has 0 spiro atoms. The number of nitrogens with zero attached hydrogens (tertiary/aromatic N) is 2. The summed E-state index contributed by atoms with van der Waals surface area (Å²) in [5.41, 5.74) is 1.01. The van der Waals surface area contributed by atoms with Crippen molar-refractivity contribution >= 4 is 29.1 Å². The van der Waals surface area contributed by atoms with Crippen LogP contribution in [0.25, 0.3) is 0 Å². The van der Waals surface area contributed by atoms with E-state index in [4.69, 9.17) is 4.74 Å². The number of hydrogen-bond donors (Lipinski definition) is 2. The lowest BCUT2D eigenvalue weighted by molar-refractivity contribution is -0.132. The first-order valence-corrected chi connectivity index (χ1v) is 8.52. The molecule has 1 aromatic rings. The number of likely N-dealkylation sites (N-methyl/N-ethyl adjacent to an activating group) is 2. The number of ether oxygens (including phenoxy) is 1. The zero-order valence-electron chi connectivity index (χ0n) is 16.1. The van der Waals surface area contributed by atoms with Crippen molar-refractivity contribution in [1.29, 1.82) is 0 Å². The van der Waals surface area contributed by atoms with E-state index in [2.05, 4.69) is 10.6 Å². The molecule has 3 amide bonds. The molecule has 0 unspecified atom stereocenters. The first-order valence-electron chi connectivity index (χ1n) is 8.52. The van der Waals surface area contributed by atoms with Gasteiger partial charge < -0.3 is 20.3 Å². The lowest BCUT2D eigenvalue weighted by Gasteiger charge is -2.22. The zero-order chi connectivity index (χ0) is 19.7. The fourth-order valence-electron chi connectivity index (χ4n) is 2.48. The monoisotopic (exact) mass is 364 g/mol. The molecule has 0 atom stereocenters. The van der Waals surface area contributed by atoms with Crippen molar-refractivity contribution in [3.63, 3.8) is 0 Å². The van der Waals surface area contributed by atoms with Crippen molar-refractivity contribution in [3.8, 4) is 5.75 Å². The number of carbonyl (C=O) groups is 3. The van der Waals surface area contributed by atoms with E-state index >= 15 is 0 Å². The lowest BCUT2D eigenvalue weighted by Crippen LogP contribution is -2.41. The molecular formula is C18H28N4O4. The van der Waals surface area contributed by atoms with Crippen molar-refractivity contribution in [2.75, 3.05) is 51.0 Å². The minimum Gasteiger partial charge on any atom is -0.495 e. The van der Waals surface area contributed by atoms with Crippen molar-refractivity contribution in [1.82, 2.24) is 9.80 Å². The maximum absolute atomic E-state index is 12.3. The Bertz CT molecular complexity index is 644. The average molecular weight is 364 g/mol. The van der Waals surface area contributed by atoms with E-state index in [1.165, 1.54) is 14.0 Å². The molecule has 26 heavy (non-hydrogen) atoms. The van der Waals surface area contributed by atoms with Gasteiger partial charge in [0.1, 0.15) is 5.75 Å². The van der Waals surface area contributed by atoms with E-state index in [0.717, 1.165) is 0 Å². The Kier molecular flexibility index (Phi) is 8.57. The average Bonchev–Trinajstić information content (AvgIpc) is 2.55. The minimum absolute atomic E-state index is 0.0180. The van der Waals surface area contributed by atoms with Gasteiger partial charge in [0.25, 0.3) is 0 Å². The molecule has 8 heteroatoms. The summed E-state index contributed by atoms with van der Waals surface area (Å²) in [6.07, 6.45) is 0. The highest BCUT2D eigenvalue weighted by molar-refractivity contribution is 5.96. The summed E-state index contributed by atoms with van der Waals surface area (Å²) >= 11 is 0. The van der Waals surface area contributed by atoms with E-state index in [1.54, 1.807) is 35.0 Å².